The quantitative estimate of drug-likeness (QED) is 0.703. The Kier molecular flexibility index (Phi) is 2.62. The fourth-order valence-electron chi connectivity index (χ4n) is 2.31. The van der Waals surface area contributed by atoms with Crippen molar-refractivity contribution in [1.29, 1.82) is 5.26 Å². The van der Waals surface area contributed by atoms with Crippen molar-refractivity contribution in [3.05, 3.63) is 59.7 Å². The van der Waals surface area contributed by atoms with E-state index in [9.17, 15) is 10.1 Å². The van der Waals surface area contributed by atoms with E-state index >= 15 is 0 Å². The normalized spacial score (nSPS) is 10.3. The van der Waals surface area contributed by atoms with E-state index in [0.29, 0.717) is 16.5 Å². The molecule has 19 heavy (non-hydrogen) atoms. The van der Waals surface area contributed by atoms with Crippen LogP contribution in [-0.2, 0) is 0 Å². The highest BCUT2D eigenvalue weighted by molar-refractivity contribution is 6.03. The standard InChI is InChI=1S/C16H10N2O/c17-9-13-15-12(10-19)7-4-8-14(15)18-16(13)11-5-2-1-3-6-11/h1-8,10,18H. The van der Waals surface area contributed by atoms with Gasteiger partial charge in [-0.25, -0.2) is 0 Å². The van der Waals surface area contributed by atoms with Gasteiger partial charge in [0.1, 0.15) is 6.07 Å². The molecule has 0 aliphatic rings. The molecular weight excluding hydrogens is 236 g/mol. The van der Waals surface area contributed by atoms with Gasteiger partial charge in [0.2, 0.25) is 0 Å². The van der Waals surface area contributed by atoms with E-state index in [-0.39, 0.29) is 0 Å². The maximum Gasteiger partial charge on any atom is 0.150 e. The fraction of sp³-hybridized carbons (Fsp3) is 0. The molecule has 3 rings (SSSR count). The monoisotopic (exact) mass is 246 g/mol. The zero-order valence-electron chi connectivity index (χ0n) is 10.1. The summed E-state index contributed by atoms with van der Waals surface area (Å²) >= 11 is 0. The number of benzene rings is 2. The molecule has 0 aliphatic carbocycles. The molecule has 0 unspecified atom stereocenters. The van der Waals surface area contributed by atoms with Gasteiger partial charge in [0.25, 0.3) is 0 Å². The van der Waals surface area contributed by atoms with Gasteiger partial charge in [-0.05, 0) is 11.6 Å². The minimum atomic E-state index is 0.518. The van der Waals surface area contributed by atoms with Gasteiger partial charge in [-0.3, -0.25) is 4.79 Å². The average molecular weight is 246 g/mol. The third-order valence-electron chi connectivity index (χ3n) is 3.16. The van der Waals surface area contributed by atoms with Gasteiger partial charge in [0, 0.05) is 16.5 Å². The maximum absolute atomic E-state index is 11.1. The molecule has 0 atom stereocenters. The maximum atomic E-state index is 11.1. The molecule has 2 aromatic carbocycles. The lowest BCUT2D eigenvalue weighted by atomic mass is 10.0. The van der Waals surface area contributed by atoms with Crippen molar-refractivity contribution >= 4 is 17.2 Å². The van der Waals surface area contributed by atoms with Crippen LogP contribution in [0.15, 0.2) is 48.5 Å². The predicted octanol–water partition coefficient (Wildman–Crippen LogP) is 3.52. The Balaban J connectivity index is 2.40. The van der Waals surface area contributed by atoms with E-state index in [1.807, 2.05) is 36.4 Å². The number of nitriles is 1. The molecule has 0 amide bonds. The Hall–Kier alpha value is -2.86. The van der Waals surface area contributed by atoms with Crippen LogP contribution < -0.4 is 0 Å². The summed E-state index contributed by atoms with van der Waals surface area (Å²) in [6.07, 6.45) is 0.784. The lowest BCUT2D eigenvalue weighted by Crippen LogP contribution is -1.83. The molecule has 3 aromatic rings. The summed E-state index contributed by atoms with van der Waals surface area (Å²) < 4.78 is 0. The number of fused-ring (bicyclic) bond motifs is 1. The smallest absolute Gasteiger partial charge is 0.150 e. The zero-order valence-corrected chi connectivity index (χ0v) is 10.1. The minimum absolute atomic E-state index is 0.518. The number of aromatic nitrogens is 1. The van der Waals surface area contributed by atoms with Gasteiger partial charge in [-0.1, -0.05) is 42.5 Å². The highest BCUT2D eigenvalue weighted by atomic mass is 16.1. The molecule has 0 aliphatic heterocycles. The molecule has 3 nitrogen and oxygen atoms in total. The Bertz CT molecular complexity index is 795. The molecule has 1 heterocycles. The first kappa shape index (κ1) is 11.2. The van der Waals surface area contributed by atoms with Crippen molar-refractivity contribution in [2.45, 2.75) is 0 Å². The number of hydrogen-bond acceptors (Lipinski definition) is 2. The number of carbonyl (C=O) groups excluding carboxylic acids is 1. The third kappa shape index (κ3) is 1.71. The molecule has 0 fully saturated rings. The van der Waals surface area contributed by atoms with E-state index in [1.165, 1.54) is 0 Å². The number of H-pyrrole nitrogens is 1. The molecule has 0 spiro atoms. The first-order valence-corrected chi connectivity index (χ1v) is 5.90. The Labute approximate surface area is 110 Å². The van der Waals surface area contributed by atoms with Crippen LogP contribution in [0.3, 0.4) is 0 Å². The SMILES string of the molecule is N#Cc1c(-c2ccccc2)[nH]c2cccc(C=O)c12. The fourth-order valence-corrected chi connectivity index (χ4v) is 2.31. The summed E-state index contributed by atoms with van der Waals surface area (Å²) in [7, 11) is 0. The van der Waals surface area contributed by atoms with Gasteiger partial charge in [0.15, 0.2) is 6.29 Å². The van der Waals surface area contributed by atoms with Crippen molar-refractivity contribution in [3.63, 3.8) is 0 Å². The largest absolute Gasteiger partial charge is 0.353 e. The molecule has 1 aromatic heterocycles. The first-order valence-electron chi connectivity index (χ1n) is 5.90. The van der Waals surface area contributed by atoms with E-state index in [0.717, 1.165) is 23.1 Å². The van der Waals surface area contributed by atoms with Gasteiger partial charge < -0.3 is 4.98 Å². The predicted molar refractivity (Wildman–Crippen MR) is 73.8 cm³/mol. The summed E-state index contributed by atoms with van der Waals surface area (Å²) in [4.78, 5) is 14.3. The lowest BCUT2D eigenvalue weighted by molar-refractivity contribution is 0.112. The molecule has 0 saturated heterocycles. The molecule has 0 saturated carbocycles. The van der Waals surface area contributed by atoms with Crippen LogP contribution in [0.1, 0.15) is 15.9 Å². The molecular formula is C16H10N2O. The zero-order chi connectivity index (χ0) is 13.2. The van der Waals surface area contributed by atoms with Crippen molar-refractivity contribution in [3.8, 4) is 17.3 Å². The van der Waals surface area contributed by atoms with Crippen LogP contribution in [0.25, 0.3) is 22.2 Å². The van der Waals surface area contributed by atoms with Crippen LogP contribution in [0.2, 0.25) is 0 Å². The van der Waals surface area contributed by atoms with Crippen molar-refractivity contribution in [2.24, 2.45) is 0 Å². The second kappa shape index (κ2) is 4.43. The number of rotatable bonds is 2. The Morgan fingerprint density at radius 3 is 2.53 bits per heavy atom. The second-order valence-electron chi connectivity index (χ2n) is 4.24. The number of aromatic amines is 1. The van der Waals surface area contributed by atoms with Crippen LogP contribution in [0, 0.1) is 11.3 Å². The summed E-state index contributed by atoms with van der Waals surface area (Å²) in [6, 6.07) is 17.2. The summed E-state index contributed by atoms with van der Waals surface area (Å²) in [6.45, 7) is 0. The highest BCUT2D eigenvalue weighted by Crippen LogP contribution is 2.31. The summed E-state index contributed by atoms with van der Waals surface area (Å²) in [5.74, 6) is 0. The van der Waals surface area contributed by atoms with Crippen molar-refractivity contribution in [2.75, 3.05) is 0 Å². The van der Waals surface area contributed by atoms with Gasteiger partial charge in [-0.15, -0.1) is 0 Å². The number of carbonyl (C=O) groups is 1. The van der Waals surface area contributed by atoms with Crippen LogP contribution in [-0.4, -0.2) is 11.3 Å². The van der Waals surface area contributed by atoms with Gasteiger partial charge >= 0.3 is 0 Å². The van der Waals surface area contributed by atoms with Crippen molar-refractivity contribution in [1.82, 2.24) is 4.98 Å². The van der Waals surface area contributed by atoms with Crippen molar-refractivity contribution < 1.29 is 4.79 Å². The topological polar surface area (TPSA) is 56.6 Å². The number of aldehydes is 1. The first-order chi connectivity index (χ1) is 9.35. The number of nitrogens with one attached hydrogen (secondary N) is 1. The minimum Gasteiger partial charge on any atom is -0.353 e. The summed E-state index contributed by atoms with van der Waals surface area (Å²) in [5, 5.41) is 10.1. The Morgan fingerprint density at radius 1 is 1.05 bits per heavy atom. The second-order valence-corrected chi connectivity index (χ2v) is 4.24. The van der Waals surface area contributed by atoms with Crippen LogP contribution >= 0.6 is 0 Å². The van der Waals surface area contributed by atoms with E-state index in [1.54, 1.807) is 12.1 Å². The van der Waals surface area contributed by atoms with Crippen LogP contribution in [0.5, 0.6) is 0 Å². The Morgan fingerprint density at radius 2 is 1.84 bits per heavy atom. The molecule has 0 radical (unpaired) electrons. The molecule has 90 valence electrons. The lowest BCUT2D eigenvalue weighted by Gasteiger charge is -1.98. The van der Waals surface area contributed by atoms with Gasteiger partial charge in [0.05, 0.1) is 11.3 Å². The molecule has 1 N–H and O–H groups in total. The number of nitrogens with zero attached hydrogens (tertiary/aromatic N) is 1. The van der Waals surface area contributed by atoms with E-state index < -0.39 is 0 Å². The van der Waals surface area contributed by atoms with Gasteiger partial charge in [-0.2, -0.15) is 5.26 Å². The third-order valence-corrected chi connectivity index (χ3v) is 3.16. The molecule has 3 heteroatoms. The summed E-state index contributed by atoms with van der Waals surface area (Å²) in [5.41, 5.74) is 3.55. The number of hydrogen-bond donors (Lipinski definition) is 1. The average Bonchev–Trinajstić information content (AvgIpc) is 2.86. The van der Waals surface area contributed by atoms with Crippen LogP contribution in [0.4, 0.5) is 0 Å². The van der Waals surface area contributed by atoms with E-state index in [2.05, 4.69) is 11.1 Å². The molecule has 0 bridgehead atoms. The van der Waals surface area contributed by atoms with E-state index in [4.69, 9.17) is 0 Å². The highest BCUT2D eigenvalue weighted by Gasteiger charge is 2.15.